The number of carbonyl (C=O) groups excluding carboxylic acids is 1. The van der Waals surface area contributed by atoms with Gasteiger partial charge in [0.05, 0.1) is 0 Å². The van der Waals surface area contributed by atoms with Gasteiger partial charge in [0.15, 0.2) is 0 Å². The van der Waals surface area contributed by atoms with Gasteiger partial charge in [-0.25, -0.2) is 4.98 Å². The highest BCUT2D eigenvalue weighted by Gasteiger charge is 2.25. The molecule has 3 rings (SSSR count). The smallest absolute Gasteiger partial charge is 0.223 e. The Morgan fingerprint density at radius 2 is 2.09 bits per heavy atom. The van der Waals surface area contributed by atoms with Gasteiger partial charge in [0.25, 0.3) is 0 Å². The summed E-state index contributed by atoms with van der Waals surface area (Å²) in [4.78, 5) is 18.6. The topological polar surface area (TPSA) is 45.2 Å². The highest BCUT2D eigenvalue weighted by atomic mass is 35.5. The second-order valence-electron chi connectivity index (χ2n) is 5.65. The summed E-state index contributed by atoms with van der Waals surface area (Å²) in [5, 5.41) is 5.53. The van der Waals surface area contributed by atoms with E-state index in [1.54, 1.807) is 0 Å². The SMILES string of the molecule is CCNC(=O)C1CCN(c2cc3ccccc3c(Cl)n2)CC1. The van der Waals surface area contributed by atoms with E-state index in [0.717, 1.165) is 42.5 Å². The third kappa shape index (κ3) is 3.02. The van der Waals surface area contributed by atoms with E-state index in [9.17, 15) is 4.79 Å². The molecule has 0 atom stereocenters. The van der Waals surface area contributed by atoms with Gasteiger partial charge < -0.3 is 10.2 Å². The van der Waals surface area contributed by atoms with E-state index >= 15 is 0 Å². The molecule has 0 saturated carbocycles. The number of carbonyl (C=O) groups is 1. The van der Waals surface area contributed by atoms with Crippen LogP contribution in [0.3, 0.4) is 0 Å². The van der Waals surface area contributed by atoms with Crippen molar-refractivity contribution in [2.45, 2.75) is 19.8 Å². The van der Waals surface area contributed by atoms with Crippen LogP contribution in [-0.4, -0.2) is 30.5 Å². The van der Waals surface area contributed by atoms with Crippen molar-refractivity contribution in [3.8, 4) is 0 Å². The fourth-order valence-corrected chi connectivity index (χ4v) is 3.25. The number of nitrogens with zero attached hydrogens (tertiary/aromatic N) is 2. The van der Waals surface area contributed by atoms with Crippen LogP contribution in [0, 0.1) is 5.92 Å². The Balaban J connectivity index is 1.75. The molecule has 1 fully saturated rings. The van der Waals surface area contributed by atoms with Crippen LogP contribution in [-0.2, 0) is 4.79 Å². The predicted octanol–water partition coefficient (Wildman–Crippen LogP) is 3.24. The number of fused-ring (bicyclic) bond motifs is 1. The number of hydrogen-bond acceptors (Lipinski definition) is 3. The number of anilines is 1. The van der Waals surface area contributed by atoms with E-state index in [-0.39, 0.29) is 11.8 Å². The zero-order chi connectivity index (χ0) is 15.5. The average molecular weight is 318 g/mol. The van der Waals surface area contributed by atoms with Gasteiger partial charge in [-0.1, -0.05) is 35.9 Å². The van der Waals surface area contributed by atoms with Crippen LogP contribution < -0.4 is 10.2 Å². The number of amides is 1. The molecular weight excluding hydrogens is 298 g/mol. The Hall–Kier alpha value is -1.81. The van der Waals surface area contributed by atoms with E-state index in [1.165, 1.54) is 0 Å². The average Bonchev–Trinajstić information content (AvgIpc) is 2.55. The van der Waals surface area contributed by atoms with Crippen molar-refractivity contribution in [3.63, 3.8) is 0 Å². The highest BCUT2D eigenvalue weighted by molar-refractivity contribution is 6.34. The summed E-state index contributed by atoms with van der Waals surface area (Å²) in [6.07, 6.45) is 1.72. The van der Waals surface area contributed by atoms with Gasteiger partial charge >= 0.3 is 0 Å². The lowest BCUT2D eigenvalue weighted by Crippen LogP contribution is -2.40. The number of rotatable bonds is 3. The number of piperidine rings is 1. The maximum atomic E-state index is 11.9. The maximum absolute atomic E-state index is 11.9. The molecule has 0 radical (unpaired) electrons. The first-order valence-electron chi connectivity index (χ1n) is 7.77. The molecule has 1 aromatic heterocycles. The summed E-state index contributed by atoms with van der Waals surface area (Å²) in [6, 6.07) is 10.1. The zero-order valence-electron chi connectivity index (χ0n) is 12.7. The fraction of sp³-hybridized carbons (Fsp3) is 0.412. The van der Waals surface area contributed by atoms with Gasteiger partial charge in [-0.3, -0.25) is 4.79 Å². The van der Waals surface area contributed by atoms with Crippen LogP contribution in [0.2, 0.25) is 5.15 Å². The van der Waals surface area contributed by atoms with Gasteiger partial charge in [0.1, 0.15) is 11.0 Å². The number of benzene rings is 1. The van der Waals surface area contributed by atoms with Crippen molar-refractivity contribution in [2.75, 3.05) is 24.5 Å². The predicted molar refractivity (Wildman–Crippen MR) is 90.4 cm³/mol. The summed E-state index contributed by atoms with van der Waals surface area (Å²) in [5.74, 6) is 1.19. The van der Waals surface area contributed by atoms with Crippen LogP contribution in [0.15, 0.2) is 30.3 Å². The second-order valence-corrected chi connectivity index (χ2v) is 6.01. The molecule has 2 aromatic rings. The summed E-state index contributed by atoms with van der Waals surface area (Å²) >= 11 is 6.30. The van der Waals surface area contributed by atoms with Crippen LogP contribution >= 0.6 is 11.6 Å². The third-order valence-corrected chi connectivity index (χ3v) is 4.51. The summed E-state index contributed by atoms with van der Waals surface area (Å²) < 4.78 is 0. The van der Waals surface area contributed by atoms with Crippen LogP contribution in [0.25, 0.3) is 10.8 Å². The van der Waals surface area contributed by atoms with E-state index < -0.39 is 0 Å². The molecule has 0 aliphatic carbocycles. The lowest BCUT2D eigenvalue weighted by molar-refractivity contribution is -0.125. The standard InChI is InChI=1S/C17H20ClN3O/c1-2-19-17(22)12-7-9-21(10-8-12)15-11-13-5-3-4-6-14(13)16(18)20-15/h3-6,11-12H,2,7-10H2,1H3,(H,19,22). The molecule has 1 aromatic carbocycles. The Morgan fingerprint density at radius 3 is 2.82 bits per heavy atom. The second kappa shape index (κ2) is 6.53. The summed E-state index contributed by atoms with van der Waals surface area (Å²) in [7, 11) is 0. The van der Waals surface area contributed by atoms with Crippen molar-refractivity contribution in [1.82, 2.24) is 10.3 Å². The Kier molecular flexibility index (Phi) is 4.48. The van der Waals surface area contributed by atoms with E-state index in [1.807, 2.05) is 31.2 Å². The normalized spacial score (nSPS) is 16.0. The Labute approximate surface area is 135 Å². The minimum absolute atomic E-state index is 0.118. The highest BCUT2D eigenvalue weighted by Crippen LogP contribution is 2.28. The van der Waals surface area contributed by atoms with Crippen LogP contribution in [0.4, 0.5) is 5.82 Å². The number of pyridine rings is 1. The molecule has 0 spiro atoms. The van der Waals surface area contributed by atoms with Crippen LogP contribution in [0.1, 0.15) is 19.8 Å². The number of aromatic nitrogens is 1. The molecule has 4 nitrogen and oxygen atoms in total. The fourth-order valence-electron chi connectivity index (χ4n) is 2.99. The molecule has 0 bridgehead atoms. The van der Waals surface area contributed by atoms with Crippen molar-refractivity contribution >= 4 is 34.1 Å². The van der Waals surface area contributed by atoms with Crippen molar-refractivity contribution in [1.29, 1.82) is 0 Å². The molecule has 5 heteroatoms. The molecule has 2 heterocycles. The molecule has 1 N–H and O–H groups in total. The van der Waals surface area contributed by atoms with Crippen molar-refractivity contribution in [2.24, 2.45) is 5.92 Å². The molecule has 1 aliphatic rings. The van der Waals surface area contributed by atoms with Gasteiger partial charge in [0.2, 0.25) is 5.91 Å². The van der Waals surface area contributed by atoms with E-state index in [4.69, 9.17) is 11.6 Å². The lowest BCUT2D eigenvalue weighted by atomic mass is 9.96. The molecule has 1 amide bonds. The Morgan fingerprint density at radius 1 is 1.36 bits per heavy atom. The molecule has 116 valence electrons. The van der Waals surface area contributed by atoms with Crippen molar-refractivity contribution in [3.05, 3.63) is 35.5 Å². The van der Waals surface area contributed by atoms with Gasteiger partial charge in [-0.05, 0) is 31.2 Å². The molecule has 0 unspecified atom stereocenters. The first-order valence-corrected chi connectivity index (χ1v) is 8.14. The zero-order valence-corrected chi connectivity index (χ0v) is 13.4. The van der Waals surface area contributed by atoms with Gasteiger partial charge in [-0.2, -0.15) is 0 Å². The monoisotopic (exact) mass is 317 g/mol. The van der Waals surface area contributed by atoms with Gasteiger partial charge in [0, 0.05) is 30.9 Å². The number of halogens is 1. The Bertz CT molecular complexity index is 681. The lowest BCUT2D eigenvalue weighted by Gasteiger charge is -2.32. The van der Waals surface area contributed by atoms with Crippen LogP contribution in [0.5, 0.6) is 0 Å². The number of hydrogen-bond donors (Lipinski definition) is 1. The summed E-state index contributed by atoms with van der Waals surface area (Å²) in [5.41, 5.74) is 0. The third-order valence-electron chi connectivity index (χ3n) is 4.22. The van der Waals surface area contributed by atoms with Crippen molar-refractivity contribution < 1.29 is 4.79 Å². The minimum Gasteiger partial charge on any atom is -0.357 e. The van der Waals surface area contributed by atoms with Gasteiger partial charge in [-0.15, -0.1) is 0 Å². The quantitative estimate of drug-likeness (QED) is 0.884. The largest absolute Gasteiger partial charge is 0.357 e. The minimum atomic E-state index is 0.118. The number of nitrogens with one attached hydrogen (secondary N) is 1. The molecule has 22 heavy (non-hydrogen) atoms. The van der Waals surface area contributed by atoms with E-state index in [2.05, 4.69) is 21.3 Å². The first kappa shape index (κ1) is 15.1. The summed E-state index contributed by atoms with van der Waals surface area (Å²) in [6.45, 7) is 4.32. The molecule has 1 saturated heterocycles. The van der Waals surface area contributed by atoms with E-state index in [0.29, 0.717) is 11.7 Å². The maximum Gasteiger partial charge on any atom is 0.223 e. The molecular formula is C17H20ClN3O. The molecule has 1 aliphatic heterocycles. The first-order chi connectivity index (χ1) is 10.7.